The smallest absolute Gasteiger partial charge is 0.300 e. The van der Waals surface area contributed by atoms with Crippen molar-refractivity contribution in [1.82, 2.24) is 5.06 Å². The lowest BCUT2D eigenvalue weighted by atomic mass is 10.7. The molecule has 1 N–H and O–H groups in total. The Morgan fingerprint density at radius 1 is 1.36 bits per heavy atom. The Balaban J connectivity index is 0. The molecule has 0 bridgehead atoms. The third-order valence-corrected chi connectivity index (χ3v) is 0.717. The maximum absolute atomic E-state index is 10.2. The molecule has 0 saturated carbocycles. The first-order valence-corrected chi connectivity index (χ1v) is 2.89. The van der Waals surface area contributed by atoms with Crippen LogP contribution in [-0.2, 0) is 14.4 Å². The SMILES string of the molecule is CC(=O)O.CON(C)C(C)=O. The predicted molar refractivity (Wildman–Crippen MR) is 38.8 cm³/mol. The van der Waals surface area contributed by atoms with E-state index in [2.05, 4.69) is 4.84 Å². The molecule has 0 aliphatic carbocycles. The number of amides is 1. The van der Waals surface area contributed by atoms with Gasteiger partial charge in [0.15, 0.2) is 0 Å². The molecule has 11 heavy (non-hydrogen) atoms. The molecule has 0 rings (SSSR count). The van der Waals surface area contributed by atoms with Crippen LogP contribution in [0.4, 0.5) is 0 Å². The Kier molecular flexibility index (Phi) is 8.01. The van der Waals surface area contributed by atoms with Crippen LogP contribution in [0, 0.1) is 0 Å². The fourth-order valence-corrected chi connectivity index (χ4v) is 0.129. The fourth-order valence-electron chi connectivity index (χ4n) is 0.129. The molecule has 0 unspecified atom stereocenters. The first kappa shape index (κ1) is 12.6. The summed E-state index contributed by atoms with van der Waals surface area (Å²) in [6.45, 7) is 2.52. The van der Waals surface area contributed by atoms with E-state index in [4.69, 9.17) is 9.90 Å². The summed E-state index contributed by atoms with van der Waals surface area (Å²) in [5.41, 5.74) is 0. The van der Waals surface area contributed by atoms with Crippen LogP contribution in [0.1, 0.15) is 13.8 Å². The number of carbonyl (C=O) groups excluding carboxylic acids is 1. The third kappa shape index (κ3) is 17.6. The highest BCUT2D eigenvalue weighted by Crippen LogP contribution is 1.78. The van der Waals surface area contributed by atoms with E-state index in [1.165, 1.54) is 14.0 Å². The van der Waals surface area contributed by atoms with Gasteiger partial charge in [0.1, 0.15) is 0 Å². The van der Waals surface area contributed by atoms with E-state index in [9.17, 15) is 4.79 Å². The Labute approximate surface area is 65.5 Å². The number of carboxylic acids is 1. The molecule has 0 heterocycles. The van der Waals surface area contributed by atoms with E-state index in [1.54, 1.807) is 7.05 Å². The van der Waals surface area contributed by atoms with Gasteiger partial charge in [-0.25, -0.2) is 5.06 Å². The quantitative estimate of drug-likeness (QED) is 0.557. The van der Waals surface area contributed by atoms with Crippen LogP contribution >= 0.6 is 0 Å². The monoisotopic (exact) mass is 163 g/mol. The molecule has 0 radical (unpaired) electrons. The average Bonchev–Trinajstić information content (AvgIpc) is 1.85. The molecule has 0 spiro atoms. The lowest BCUT2D eigenvalue weighted by Gasteiger charge is -2.08. The van der Waals surface area contributed by atoms with E-state index >= 15 is 0 Å². The molecule has 0 aromatic heterocycles. The molecule has 0 aliphatic rings. The van der Waals surface area contributed by atoms with Gasteiger partial charge in [-0.3, -0.25) is 14.4 Å². The summed E-state index contributed by atoms with van der Waals surface area (Å²) in [5, 5.41) is 8.57. The molecule has 1 amide bonds. The van der Waals surface area contributed by atoms with Crippen LogP contribution in [0.25, 0.3) is 0 Å². The lowest BCUT2D eigenvalue weighted by Crippen LogP contribution is -2.21. The second-order valence-corrected chi connectivity index (χ2v) is 1.72. The Morgan fingerprint density at radius 2 is 1.64 bits per heavy atom. The van der Waals surface area contributed by atoms with Crippen LogP contribution in [0.15, 0.2) is 0 Å². The lowest BCUT2D eigenvalue weighted by molar-refractivity contribution is -0.165. The Bertz CT molecular complexity index is 131. The maximum atomic E-state index is 10.2. The van der Waals surface area contributed by atoms with Crippen molar-refractivity contribution >= 4 is 11.9 Å². The van der Waals surface area contributed by atoms with Crippen molar-refractivity contribution in [1.29, 1.82) is 0 Å². The van der Waals surface area contributed by atoms with Crippen LogP contribution in [0.2, 0.25) is 0 Å². The molecular weight excluding hydrogens is 150 g/mol. The van der Waals surface area contributed by atoms with Gasteiger partial charge in [-0.1, -0.05) is 0 Å². The number of carboxylic acid groups (broad SMARTS) is 1. The van der Waals surface area contributed by atoms with Crippen LogP contribution in [0.5, 0.6) is 0 Å². The van der Waals surface area contributed by atoms with Gasteiger partial charge >= 0.3 is 0 Å². The molecule has 0 saturated heterocycles. The largest absolute Gasteiger partial charge is 0.481 e. The van der Waals surface area contributed by atoms with E-state index in [0.717, 1.165) is 12.0 Å². The summed E-state index contributed by atoms with van der Waals surface area (Å²) in [4.78, 5) is 23.7. The number of nitrogens with zero attached hydrogens (tertiary/aromatic N) is 1. The highest BCUT2D eigenvalue weighted by Gasteiger charge is 1.94. The molecule has 66 valence electrons. The summed E-state index contributed by atoms with van der Waals surface area (Å²) < 4.78 is 0. The maximum Gasteiger partial charge on any atom is 0.300 e. The first-order chi connectivity index (χ1) is 4.91. The Morgan fingerprint density at radius 3 is 1.64 bits per heavy atom. The van der Waals surface area contributed by atoms with E-state index in [0.29, 0.717) is 0 Å². The molecule has 0 atom stereocenters. The van der Waals surface area contributed by atoms with E-state index in [-0.39, 0.29) is 5.91 Å². The van der Waals surface area contributed by atoms with Gasteiger partial charge < -0.3 is 5.11 Å². The standard InChI is InChI=1S/C4H9NO2.C2H4O2/c1-4(6)5(2)7-3;1-2(3)4/h1-3H3;1H3,(H,3,4). The van der Waals surface area contributed by atoms with Gasteiger partial charge in [-0.2, -0.15) is 0 Å². The van der Waals surface area contributed by atoms with Crippen molar-refractivity contribution in [3.8, 4) is 0 Å². The third-order valence-electron chi connectivity index (χ3n) is 0.717. The summed E-state index contributed by atoms with van der Waals surface area (Å²) >= 11 is 0. The zero-order chi connectivity index (χ0) is 9.44. The van der Waals surface area contributed by atoms with E-state index in [1.807, 2.05) is 0 Å². The van der Waals surface area contributed by atoms with Crippen molar-refractivity contribution in [3.05, 3.63) is 0 Å². The number of aliphatic carboxylic acids is 1. The summed E-state index contributed by atoms with van der Waals surface area (Å²) in [7, 11) is 3.00. The van der Waals surface area contributed by atoms with Crippen molar-refractivity contribution in [2.45, 2.75) is 13.8 Å². The minimum absolute atomic E-state index is 0.0949. The average molecular weight is 163 g/mol. The molecule has 5 nitrogen and oxygen atoms in total. The van der Waals surface area contributed by atoms with Gasteiger partial charge in [-0.15, -0.1) is 0 Å². The minimum atomic E-state index is -0.833. The number of hydrogen-bond donors (Lipinski definition) is 1. The molecule has 0 aliphatic heterocycles. The zero-order valence-corrected chi connectivity index (χ0v) is 7.12. The van der Waals surface area contributed by atoms with Crippen molar-refractivity contribution < 1.29 is 19.5 Å². The van der Waals surface area contributed by atoms with Crippen molar-refractivity contribution in [2.24, 2.45) is 0 Å². The minimum Gasteiger partial charge on any atom is -0.481 e. The summed E-state index contributed by atoms with van der Waals surface area (Å²) in [5.74, 6) is -0.928. The van der Waals surface area contributed by atoms with Crippen LogP contribution in [-0.4, -0.2) is 36.2 Å². The van der Waals surface area contributed by atoms with Gasteiger partial charge in [0.05, 0.1) is 7.11 Å². The van der Waals surface area contributed by atoms with Gasteiger partial charge in [-0.05, 0) is 0 Å². The van der Waals surface area contributed by atoms with Crippen LogP contribution in [0.3, 0.4) is 0 Å². The highest BCUT2D eigenvalue weighted by atomic mass is 16.7. The molecule has 0 aromatic carbocycles. The summed E-state index contributed by atoms with van der Waals surface area (Å²) in [6, 6.07) is 0. The molecular formula is C6H13NO4. The Hall–Kier alpha value is -1.10. The number of carbonyl (C=O) groups is 2. The fraction of sp³-hybridized carbons (Fsp3) is 0.667. The molecule has 0 aromatic rings. The zero-order valence-electron chi connectivity index (χ0n) is 7.12. The predicted octanol–water partition coefficient (Wildman–Crippen LogP) is 0.117. The highest BCUT2D eigenvalue weighted by molar-refractivity contribution is 5.71. The second-order valence-electron chi connectivity index (χ2n) is 1.72. The van der Waals surface area contributed by atoms with Gasteiger partial charge in [0, 0.05) is 20.9 Å². The number of hydrogen-bond acceptors (Lipinski definition) is 3. The number of rotatable bonds is 1. The number of hydroxylamine groups is 2. The molecule has 5 heteroatoms. The summed E-state index contributed by atoms with van der Waals surface area (Å²) in [6.07, 6.45) is 0. The van der Waals surface area contributed by atoms with Gasteiger partial charge in [0.25, 0.3) is 5.97 Å². The van der Waals surface area contributed by atoms with E-state index < -0.39 is 5.97 Å². The van der Waals surface area contributed by atoms with Crippen molar-refractivity contribution in [3.63, 3.8) is 0 Å². The van der Waals surface area contributed by atoms with Crippen molar-refractivity contribution in [2.75, 3.05) is 14.2 Å². The molecule has 0 fully saturated rings. The first-order valence-electron chi connectivity index (χ1n) is 2.89. The normalized spacial score (nSPS) is 7.64. The topological polar surface area (TPSA) is 66.8 Å². The van der Waals surface area contributed by atoms with Gasteiger partial charge in [0.2, 0.25) is 5.91 Å². The second kappa shape index (κ2) is 7.01. The van der Waals surface area contributed by atoms with Crippen LogP contribution < -0.4 is 0 Å².